The zero-order chi connectivity index (χ0) is 20.1. The van der Waals surface area contributed by atoms with Gasteiger partial charge in [-0.05, 0) is 37.8 Å². The number of amides is 2. The Hall–Kier alpha value is -2.84. The number of carbonyl (C=O) groups excluding carboxylic acids is 1. The van der Waals surface area contributed by atoms with Crippen LogP contribution in [0.25, 0.3) is 0 Å². The molecule has 2 amide bonds. The van der Waals surface area contributed by atoms with Gasteiger partial charge in [0.15, 0.2) is 0 Å². The Morgan fingerprint density at radius 3 is 2.21 bits per heavy atom. The quantitative estimate of drug-likeness (QED) is 0.588. The minimum absolute atomic E-state index is 0.0243. The summed E-state index contributed by atoms with van der Waals surface area (Å²) in [4.78, 5) is 35.4. The van der Waals surface area contributed by atoms with Crippen LogP contribution >= 0.6 is 0 Å². The third-order valence-electron chi connectivity index (χ3n) is 5.48. The summed E-state index contributed by atoms with van der Waals surface area (Å²) in [5, 5.41) is 22.7. The van der Waals surface area contributed by atoms with E-state index in [1.807, 2.05) is 0 Å². The number of nitro benzene ring substituents is 1. The molecule has 9 heteroatoms. The third-order valence-corrected chi connectivity index (χ3v) is 5.48. The smallest absolute Gasteiger partial charge is 0.317 e. The maximum absolute atomic E-state index is 12.4. The van der Waals surface area contributed by atoms with E-state index in [9.17, 15) is 19.7 Å². The van der Waals surface area contributed by atoms with Crippen LogP contribution in [0, 0.1) is 16.0 Å². The molecule has 0 radical (unpaired) electrons. The Morgan fingerprint density at radius 2 is 1.68 bits per heavy atom. The first-order chi connectivity index (χ1) is 13.4. The molecular weight excluding hydrogens is 366 g/mol. The molecule has 1 aromatic carbocycles. The number of rotatable bonds is 5. The number of carboxylic acid groups (broad SMARTS) is 1. The van der Waals surface area contributed by atoms with E-state index in [4.69, 9.17) is 9.84 Å². The average Bonchev–Trinajstić information content (AvgIpc) is 2.69. The Kier molecular flexibility index (Phi) is 6.33. The molecule has 0 spiro atoms. The standard InChI is InChI=1S/C19H25N3O6/c23-18(24)13-1-3-14(4-2-13)20-19(25)21-11-9-17(10-12-21)28-16-7-5-15(6-8-16)22(26)27/h5-8,13-14,17H,1-4,9-12H2,(H,20,25)(H,23,24). The summed E-state index contributed by atoms with van der Waals surface area (Å²) in [7, 11) is 0. The van der Waals surface area contributed by atoms with E-state index >= 15 is 0 Å². The Bertz CT molecular complexity index is 707. The molecule has 0 unspecified atom stereocenters. The van der Waals surface area contributed by atoms with Crippen molar-refractivity contribution in [2.45, 2.75) is 50.7 Å². The second kappa shape index (κ2) is 8.90. The van der Waals surface area contributed by atoms with Crippen LogP contribution in [0.1, 0.15) is 38.5 Å². The maximum Gasteiger partial charge on any atom is 0.317 e. The lowest BCUT2D eigenvalue weighted by Crippen LogP contribution is -2.50. The molecule has 0 atom stereocenters. The van der Waals surface area contributed by atoms with Crippen molar-refractivity contribution in [3.05, 3.63) is 34.4 Å². The summed E-state index contributed by atoms with van der Waals surface area (Å²) < 4.78 is 5.87. The lowest BCUT2D eigenvalue weighted by molar-refractivity contribution is -0.384. The van der Waals surface area contributed by atoms with Gasteiger partial charge in [0.2, 0.25) is 0 Å². The fraction of sp³-hybridized carbons (Fsp3) is 0.579. The molecule has 28 heavy (non-hydrogen) atoms. The fourth-order valence-corrected chi connectivity index (χ4v) is 3.77. The van der Waals surface area contributed by atoms with E-state index in [2.05, 4.69) is 5.32 Å². The molecule has 1 aliphatic heterocycles. The fourth-order valence-electron chi connectivity index (χ4n) is 3.77. The molecule has 2 N–H and O–H groups in total. The number of hydrogen-bond donors (Lipinski definition) is 2. The number of nitrogens with zero attached hydrogens (tertiary/aromatic N) is 2. The molecule has 2 aliphatic rings. The zero-order valence-electron chi connectivity index (χ0n) is 15.6. The molecule has 1 saturated heterocycles. The third kappa shape index (κ3) is 5.11. The number of nitro groups is 1. The van der Waals surface area contributed by atoms with E-state index in [0.29, 0.717) is 57.4 Å². The van der Waals surface area contributed by atoms with Gasteiger partial charge in [-0.15, -0.1) is 0 Å². The van der Waals surface area contributed by atoms with Crippen LogP contribution < -0.4 is 10.1 Å². The van der Waals surface area contributed by atoms with Gasteiger partial charge in [0.1, 0.15) is 11.9 Å². The molecule has 0 aromatic heterocycles. The molecule has 3 rings (SSSR count). The van der Waals surface area contributed by atoms with Crippen molar-refractivity contribution in [1.29, 1.82) is 0 Å². The molecule has 1 aliphatic carbocycles. The Morgan fingerprint density at radius 1 is 1.07 bits per heavy atom. The summed E-state index contributed by atoms with van der Waals surface area (Å²) in [5.41, 5.74) is 0.0243. The van der Waals surface area contributed by atoms with Gasteiger partial charge in [0, 0.05) is 44.1 Å². The minimum atomic E-state index is -0.750. The number of hydrogen-bond acceptors (Lipinski definition) is 5. The summed E-state index contributed by atoms with van der Waals surface area (Å²) in [6.45, 7) is 1.15. The summed E-state index contributed by atoms with van der Waals surface area (Å²) in [6, 6.07) is 5.94. The van der Waals surface area contributed by atoms with Crippen LogP contribution in [-0.4, -0.2) is 52.2 Å². The predicted molar refractivity (Wildman–Crippen MR) is 100 cm³/mol. The number of piperidine rings is 1. The minimum Gasteiger partial charge on any atom is -0.490 e. The van der Waals surface area contributed by atoms with Gasteiger partial charge in [-0.2, -0.15) is 0 Å². The monoisotopic (exact) mass is 391 g/mol. The average molecular weight is 391 g/mol. The van der Waals surface area contributed by atoms with E-state index in [1.54, 1.807) is 17.0 Å². The van der Waals surface area contributed by atoms with E-state index in [-0.39, 0.29) is 29.8 Å². The van der Waals surface area contributed by atoms with Gasteiger partial charge in [0.05, 0.1) is 10.8 Å². The molecule has 1 heterocycles. The lowest BCUT2D eigenvalue weighted by Gasteiger charge is -2.34. The second-order valence-corrected chi connectivity index (χ2v) is 7.39. The molecule has 1 aromatic rings. The van der Waals surface area contributed by atoms with Gasteiger partial charge in [-0.3, -0.25) is 14.9 Å². The van der Waals surface area contributed by atoms with Crippen LogP contribution in [0.3, 0.4) is 0 Å². The first kappa shape index (κ1) is 19.9. The molecule has 152 valence electrons. The van der Waals surface area contributed by atoms with Gasteiger partial charge in [-0.25, -0.2) is 4.79 Å². The predicted octanol–water partition coefficient (Wildman–Crippen LogP) is 2.79. The van der Waals surface area contributed by atoms with E-state index < -0.39 is 10.9 Å². The van der Waals surface area contributed by atoms with Crippen molar-refractivity contribution < 1.29 is 24.4 Å². The molecular formula is C19H25N3O6. The van der Waals surface area contributed by atoms with E-state index in [1.165, 1.54) is 12.1 Å². The molecule has 2 fully saturated rings. The number of ether oxygens (including phenoxy) is 1. The summed E-state index contributed by atoms with van der Waals surface area (Å²) in [6.07, 6.45) is 3.95. The van der Waals surface area contributed by atoms with Crippen LogP contribution in [0.15, 0.2) is 24.3 Å². The Labute approximate surface area is 162 Å². The Balaban J connectivity index is 1.40. The van der Waals surface area contributed by atoms with Crippen molar-refractivity contribution in [2.75, 3.05) is 13.1 Å². The van der Waals surface area contributed by atoms with Crippen molar-refractivity contribution >= 4 is 17.7 Å². The molecule has 0 bridgehead atoms. The van der Waals surface area contributed by atoms with Gasteiger partial charge in [0.25, 0.3) is 5.69 Å². The van der Waals surface area contributed by atoms with Gasteiger partial charge in [-0.1, -0.05) is 0 Å². The summed E-state index contributed by atoms with van der Waals surface area (Å²) >= 11 is 0. The molecule has 1 saturated carbocycles. The number of nitrogens with one attached hydrogen (secondary N) is 1. The van der Waals surface area contributed by atoms with Crippen molar-refractivity contribution in [1.82, 2.24) is 10.2 Å². The highest BCUT2D eigenvalue weighted by molar-refractivity contribution is 5.75. The van der Waals surface area contributed by atoms with Crippen molar-refractivity contribution in [3.8, 4) is 5.75 Å². The number of carboxylic acids is 1. The van der Waals surface area contributed by atoms with Gasteiger partial charge >= 0.3 is 12.0 Å². The summed E-state index contributed by atoms with van der Waals surface area (Å²) in [5.74, 6) is -0.455. The van der Waals surface area contributed by atoms with Crippen LogP contribution in [-0.2, 0) is 4.79 Å². The number of non-ortho nitro benzene ring substituents is 1. The second-order valence-electron chi connectivity index (χ2n) is 7.39. The lowest BCUT2D eigenvalue weighted by atomic mass is 9.86. The van der Waals surface area contributed by atoms with E-state index in [0.717, 1.165) is 0 Å². The zero-order valence-corrected chi connectivity index (χ0v) is 15.6. The topological polar surface area (TPSA) is 122 Å². The normalized spacial score (nSPS) is 23.1. The van der Waals surface area contributed by atoms with Crippen LogP contribution in [0.2, 0.25) is 0 Å². The highest BCUT2D eigenvalue weighted by Gasteiger charge is 2.29. The maximum atomic E-state index is 12.4. The SMILES string of the molecule is O=C(O)C1CCC(NC(=O)N2CCC(Oc3ccc([N+](=O)[O-])cc3)CC2)CC1. The number of benzene rings is 1. The first-order valence-electron chi connectivity index (χ1n) is 9.61. The number of carbonyl (C=O) groups is 2. The largest absolute Gasteiger partial charge is 0.490 e. The van der Waals surface area contributed by atoms with Crippen molar-refractivity contribution in [2.24, 2.45) is 5.92 Å². The van der Waals surface area contributed by atoms with Crippen LogP contribution in [0.4, 0.5) is 10.5 Å². The number of urea groups is 1. The van der Waals surface area contributed by atoms with Crippen LogP contribution in [0.5, 0.6) is 5.75 Å². The molecule has 9 nitrogen and oxygen atoms in total. The van der Waals surface area contributed by atoms with Crippen molar-refractivity contribution in [3.63, 3.8) is 0 Å². The van der Waals surface area contributed by atoms with Gasteiger partial charge < -0.3 is 20.1 Å². The number of likely N-dealkylation sites (tertiary alicyclic amines) is 1. The first-order valence-corrected chi connectivity index (χ1v) is 9.61. The highest BCUT2D eigenvalue weighted by Crippen LogP contribution is 2.25. The highest BCUT2D eigenvalue weighted by atomic mass is 16.6. The number of aliphatic carboxylic acids is 1.